The molecule has 3 rings (SSSR count). The summed E-state index contributed by atoms with van der Waals surface area (Å²) in [5.41, 5.74) is 2.07. The number of aryl methyl sites for hydroxylation is 1. The second-order valence-corrected chi connectivity index (χ2v) is 7.94. The fourth-order valence-corrected chi connectivity index (χ4v) is 3.48. The summed E-state index contributed by atoms with van der Waals surface area (Å²) in [5.74, 6) is -0.273. The highest BCUT2D eigenvalue weighted by Gasteiger charge is 2.19. The first kappa shape index (κ1) is 18.9. The van der Waals surface area contributed by atoms with Gasteiger partial charge in [-0.3, -0.25) is 4.79 Å². The lowest BCUT2D eigenvalue weighted by Gasteiger charge is -2.08. The predicted octanol–water partition coefficient (Wildman–Crippen LogP) is 4.00. The number of rotatable bonds is 5. The zero-order valence-corrected chi connectivity index (χ0v) is 16.1. The first-order valence-corrected chi connectivity index (χ1v) is 9.75. The monoisotopic (exact) mass is 405 g/mol. The van der Waals surface area contributed by atoms with Crippen molar-refractivity contribution in [3.63, 3.8) is 0 Å². The van der Waals surface area contributed by atoms with Gasteiger partial charge in [-0.1, -0.05) is 22.8 Å². The molecule has 0 bridgehead atoms. The fourth-order valence-electron chi connectivity index (χ4n) is 2.24. The molecule has 0 spiro atoms. The quantitative estimate of drug-likeness (QED) is 0.668. The molecule has 1 aromatic heterocycles. The molecule has 3 aromatic rings. The van der Waals surface area contributed by atoms with Gasteiger partial charge < -0.3 is 9.84 Å². The van der Waals surface area contributed by atoms with Crippen LogP contribution in [-0.4, -0.2) is 19.5 Å². The van der Waals surface area contributed by atoms with Crippen molar-refractivity contribution in [2.24, 2.45) is 0 Å². The zero-order chi connectivity index (χ0) is 19.6. The smallest absolute Gasteiger partial charge is 0.264 e. The van der Waals surface area contributed by atoms with E-state index in [4.69, 9.17) is 16.1 Å². The average Bonchev–Trinajstić information content (AvgIpc) is 2.94. The van der Waals surface area contributed by atoms with Gasteiger partial charge in [0.25, 0.3) is 15.9 Å². The van der Waals surface area contributed by atoms with Crippen LogP contribution in [0.15, 0.2) is 57.9 Å². The molecule has 0 saturated carbocycles. The van der Waals surface area contributed by atoms with E-state index in [0.717, 1.165) is 0 Å². The van der Waals surface area contributed by atoms with Crippen LogP contribution in [0.4, 0.5) is 11.6 Å². The Kier molecular flexibility index (Phi) is 5.20. The Balaban J connectivity index is 1.74. The number of amides is 1. The van der Waals surface area contributed by atoms with Crippen molar-refractivity contribution in [3.05, 3.63) is 70.4 Å². The van der Waals surface area contributed by atoms with Crippen molar-refractivity contribution in [2.45, 2.75) is 18.7 Å². The van der Waals surface area contributed by atoms with Crippen LogP contribution in [0.5, 0.6) is 0 Å². The van der Waals surface area contributed by atoms with E-state index in [-0.39, 0.29) is 16.7 Å². The molecule has 9 heteroatoms. The number of benzene rings is 2. The van der Waals surface area contributed by atoms with Crippen molar-refractivity contribution in [1.29, 1.82) is 0 Å². The lowest BCUT2D eigenvalue weighted by atomic mass is 10.2. The summed E-state index contributed by atoms with van der Waals surface area (Å²) in [7, 11) is -3.84. The number of aromatic nitrogens is 1. The molecule has 0 unspecified atom stereocenters. The lowest BCUT2D eigenvalue weighted by molar-refractivity contribution is 0.102. The number of nitrogens with zero attached hydrogens (tertiary/aromatic N) is 1. The topological polar surface area (TPSA) is 101 Å². The highest BCUT2D eigenvalue weighted by molar-refractivity contribution is 7.92. The van der Waals surface area contributed by atoms with E-state index >= 15 is 0 Å². The minimum absolute atomic E-state index is 0.0247. The number of anilines is 2. The van der Waals surface area contributed by atoms with Crippen molar-refractivity contribution >= 4 is 39.1 Å². The Morgan fingerprint density at radius 3 is 2.41 bits per heavy atom. The summed E-state index contributed by atoms with van der Waals surface area (Å²) in [6.45, 7) is 3.42. The van der Waals surface area contributed by atoms with E-state index in [1.165, 1.54) is 24.3 Å². The first-order valence-electron chi connectivity index (χ1n) is 7.89. The van der Waals surface area contributed by atoms with Gasteiger partial charge in [0.2, 0.25) is 5.88 Å². The van der Waals surface area contributed by atoms with E-state index in [1.54, 1.807) is 38.1 Å². The van der Waals surface area contributed by atoms with Crippen molar-refractivity contribution in [2.75, 3.05) is 10.0 Å². The number of halogens is 1. The van der Waals surface area contributed by atoms with Crippen LogP contribution in [0.3, 0.4) is 0 Å². The summed E-state index contributed by atoms with van der Waals surface area (Å²) in [6.07, 6.45) is 0. The van der Waals surface area contributed by atoms with Crippen molar-refractivity contribution < 1.29 is 17.7 Å². The van der Waals surface area contributed by atoms with Crippen molar-refractivity contribution in [3.8, 4) is 0 Å². The third-order valence-corrected chi connectivity index (χ3v) is 5.48. The Morgan fingerprint density at radius 2 is 1.81 bits per heavy atom. The van der Waals surface area contributed by atoms with E-state index in [1.807, 2.05) is 0 Å². The molecule has 27 heavy (non-hydrogen) atoms. The highest BCUT2D eigenvalue weighted by Crippen LogP contribution is 2.23. The number of hydrogen-bond donors (Lipinski definition) is 2. The van der Waals surface area contributed by atoms with E-state index in [0.29, 0.717) is 27.5 Å². The Labute approximate surface area is 161 Å². The molecular formula is C18H16ClN3O4S. The molecule has 0 saturated heterocycles. The molecule has 2 aromatic carbocycles. The third kappa shape index (κ3) is 4.29. The molecule has 1 amide bonds. The average molecular weight is 406 g/mol. The Morgan fingerprint density at radius 1 is 1.11 bits per heavy atom. The Bertz CT molecular complexity index is 1090. The maximum absolute atomic E-state index is 12.5. The second-order valence-electron chi connectivity index (χ2n) is 5.82. The van der Waals surface area contributed by atoms with Crippen molar-refractivity contribution in [1.82, 2.24) is 5.16 Å². The van der Waals surface area contributed by atoms with Gasteiger partial charge in [-0.2, -0.15) is 0 Å². The van der Waals surface area contributed by atoms with E-state index < -0.39 is 10.0 Å². The lowest BCUT2D eigenvalue weighted by Crippen LogP contribution is -2.14. The number of hydrogen-bond acceptors (Lipinski definition) is 5. The summed E-state index contributed by atoms with van der Waals surface area (Å²) in [5, 5.41) is 6.85. The SMILES string of the molecule is Cc1noc(NS(=O)(=O)c2ccc(NC(=O)c3cccc(Cl)c3)cc2)c1C. The standard InChI is InChI=1S/C18H16ClN3O4S/c1-11-12(2)21-26-18(11)22-27(24,25)16-8-6-15(7-9-16)20-17(23)13-4-3-5-14(19)10-13/h3-10,22H,1-2H3,(H,20,23). The molecule has 0 aliphatic carbocycles. The van der Waals surface area contributed by atoms with Gasteiger partial charge in [0.15, 0.2) is 0 Å². The predicted molar refractivity (Wildman–Crippen MR) is 103 cm³/mol. The maximum atomic E-state index is 12.5. The molecule has 0 atom stereocenters. The molecular weight excluding hydrogens is 390 g/mol. The van der Waals surface area contributed by atoms with Crippen LogP contribution in [-0.2, 0) is 10.0 Å². The summed E-state index contributed by atoms with van der Waals surface area (Å²) in [4.78, 5) is 12.2. The fraction of sp³-hybridized carbons (Fsp3) is 0.111. The normalized spacial score (nSPS) is 11.2. The van der Waals surface area contributed by atoms with Crippen LogP contribution in [0, 0.1) is 13.8 Å². The highest BCUT2D eigenvalue weighted by atomic mass is 35.5. The molecule has 2 N–H and O–H groups in total. The minimum atomic E-state index is -3.84. The van der Waals surface area contributed by atoms with Gasteiger partial charge >= 0.3 is 0 Å². The summed E-state index contributed by atoms with van der Waals surface area (Å²) < 4.78 is 32.2. The number of sulfonamides is 1. The second kappa shape index (κ2) is 7.42. The molecule has 0 radical (unpaired) electrons. The van der Waals surface area contributed by atoms with E-state index in [2.05, 4.69) is 15.2 Å². The van der Waals surface area contributed by atoms with Gasteiger partial charge in [-0.25, -0.2) is 13.1 Å². The number of carbonyl (C=O) groups excluding carboxylic acids is 1. The molecule has 7 nitrogen and oxygen atoms in total. The van der Waals surface area contributed by atoms with Gasteiger partial charge in [-0.05, 0) is 56.3 Å². The number of carbonyl (C=O) groups is 1. The number of nitrogens with one attached hydrogen (secondary N) is 2. The minimum Gasteiger partial charge on any atom is -0.337 e. The molecule has 0 aliphatic rings. The molecule has 140 valence electrons. The molecule has 1 heterocycles. The summed E-state index contributed by atoms with van der Waals surface area (Å²) >= 11 is 5.88. The van der Waals surface area contributed by atoms with Gasteiger partial charge in [0.05, 0.1) is 10.6 Å². The van der Waals surface area contributed by atoms with E-state index in [9.17, 15) is 13.2 Å². The van der Waals surface area contributed by atoms with Crippen LogP contribution >= 0.6 is 11.6 Å². The first-order chi connectivity index (χ1) is 12.8. The molecule has 0 fully saturated rings. The van der Waals surface area contributed by atoms with Gasteiger partial charge in [0.1, 0.15) is 0 Å². The van der Waals surface area contributed by atoms with Gasteiger partial charge in [0, 0.05) is 21.8 Å². The van der Waals surface area contributed by atoms with Gasteiger partial charge in [-0.15, -0.1) is 0 Å². The Hall–Kier alpha value is -2.84. The van der Waals surface area contributed by atoms with Crippen LogP contribution in [0.1, 0.15) is 21.6 Å². The summed E-state index contributed by atoms with van der Waals surface area (Å²) in [6, 6.07) is 12.3. The maximum Gasteiger partial charge on any atom is 0.264 e. The largest absolute Gasteiger partial charge is 0.337 e. The van der Waals surface area contributed by atoms with Crippen LogP contribution < -0.4 is 10.0 Å². The third-order valence-electron chi connectivity index (χ3n) is 3.89. The van der Waals surface area contributed by atoms with Crippen LogP contribution in [0.25, 0.3) is 0 Å². The van der Waals surface area contributed by atoms with Crippen LogP contribution in [0.2, 0.25) is 5.02 Å². The molecule has 0 aliphatic heterocycles. The zero-order valence-electron chi connectivity index (χ0n) is 14.5.